The fraction of sp³-hybridized carbons (Fsp3) is 0.333. The highest BCUT2D eigenvalue weighted by Crippen LogP contribution is 2.41. The van der Waals surface area contributed by atoms with Gasteiger partial charge in [-0.2, -0.15) is 0 Å². The van der Waals surface area contributed by atoms with E-state index in [9.17, 15) is 0 Å². The Morgan fingerprint density at radius 3 is 2.57 bits per heavy atom. The van der Waals surface area contributed by atoms with Gasteiger partial charge in [0.2, 0.25) is 0 Å². The van der Waals surface area contributed by atoms with Gasteiger partial charge in [-0.05, 0) is 37.7 Å². The second-order valence-electron chi connectivity index (χ2n) is 5.50. The Morgan fingerprint density at radius 2 is 1.90 bits per heavy atom. The summed E-state index contributed by atoms with van der Waals surface area (Å²) in [4.78, 5) is 0. The second-order valence-corrected chi connectivity index (χ2v) is 5.50. The van der Waals surface area contributed by atoms with Gasteiger partial charge in [-0.25, -0.2) is 0 Å². The topological polar surface area (TPSA) is 30.5 Å². The summed E-state index contributed by atoms with van der Waals surface area (Å²) in [7, 11) is 3.69. The van der Waals surface area contributed by atoms with Crippen molar-refractivity contribution in [3.63, 3.8) is 0 Å². The molecule has 0 radical (unpaired) electrons. The van der Waals surface area contributed by atoms with Crippen molar-refractivity contribution in [2.24, 2.45) is 0 Å². The molecule has 1 aliphatic heterocycles. The lowest BCUT2D eigenvalue weighted by Gasteiger charge is -2.32. The molecule has 0 bridgehead atoms. The van der Waals surface area contributed by atoms with Crippen LogP contribution in [0.5, 0.6) is 11.5 Å². The fourth-order valence-corrected chi connectivity index (χ4v) is 2.89. The number of methoxy groups -OCH3 is 1. The lowest BCUT2D eigenvalue weighted by Crippen LogP contribution is -2.26. The highest BCUT2D eigenvalue weighted by molar-refractivity contribution is 5.42. The monoisotopic (exact) mass is 283 g/mol. The summed E-state index contributed by atoms with van der Waals surface area (Å²) in [6.45, 7) is 2.11. The maximum absolute atomic E-state index is 6.20. The average molecular weight is 283 g/mol. The smallest absolute Gasteiger partial charge is 0.126 e. The third-order valence-corrected chi connectivity index (χ3v) is 4.10. The normalized spacial score (nSPS) is 20.5. The van der Waals surface area contributed by atoms with Gasteiger partial charge in [0, 0.05) is 18.0 Å². The van der Waals surface area contributed by atoms with Crippen molar-refractivity contribution in [3.05, 3.63) is 59.2 Å². The highest BCUT2D eigenvalue weighted by Gasteiger charge is 2.28. The third kappa shape index (κ3) is 2.74. The Labute approximate surface area is 125 Å². The summed E-state index contributed by atoms with van der Waals surface area (Å²) in [5.41, 5.74) is 3.70. The molecule has 2 atom stereocenters. The molecular weight excluding hydrogens is 262 g/mol. The second kappa shape index (κ2) is 5.78. The van der Waals surface area contributed by atoms with Gasteiger partial charge in [0.05, 0.1) is 7.11 Å². The lowest BCUT2D eigenvalue weighted by atomic mass is 9.92. The zero-order chi connectivity index (χ0) is 14.8. The summed E-state index contributed by atoms with van der Waals surface area (Å²) in [5, 5.41) is 3.40. The Morgan fingerprint density at radius 1 is 1.14 bits per heavy atom. The number of fused-ring (bicyclic) bond motifs is 1. The van der Waals surface area contributed by atoms with Crippen LogP contribution >= 0.6 is 0 Å². The Bertz CT molecular complexity index is 622. The van der Waals surface area contributed by atoms with E-state index in [1.54, 1.807) is 7.11 Å². The Balaban J connectivity index is 1.90. The molecule has 0 saturated carbocycles. The molecule has 3 nitrogen and oxygen atoms in total. The van der Waals surface area contributed by atoms with Crippen LogP contribution in [0, 0.1) is 6.92 Å². The highest BCUT2D eigenvalue weighted by atomic mass is 16.5. The zero-order valence-corrected chi connectivity index (χ0v) is 12.7. The van der Waals surface area contributed by atoms with E-state index in [0.29, 0.717) is 6.04 Å². The minimum absolute atomic E-state index is 0.0727. The van der Waals surface area contributed by atoms with Gasteiger partial charge in [-0.15, -0.1) is 0 Å². The van der Waals surface area contributed by atoms with Gasteiger partial charge in [-0.1, -0.05) is 29.8 Å². The SMILES string of the molecule is CNC1CC(c2ccc(OC)cc2)Oc2ccc(C)cc21. The summed E-state index contributed by atoms with van der Waals surface area (Å²) >= 11 is 0. The van der Waals surface area contributed by atoms with Crippen LogP contribution in [-0.2, 0) is 0 Å². The number of hydrogen-bond acceptors (Lipinski definition) is 3. The van der Waals surface area contributed by atoms with Crippen LogP contribution in [0.4, 0.5) is 0 Å². The number of hydrogen-bond donors (Lipinski definition) is 1. The van der Waals surface area contributed by atoms with Crippen LogP contribution < -0.4 is 14.8 Å². The van der Waals surface area contributed by atoms with E-state index in [1.807, 2.05) is 19.2 Å². The largest absolute Gasteiger partial charge is 0.497 e. The van der Waals surface area contributed by atoms with E-state index < -0.39 is 0 Å². The molecule has 1 N–H and O–H groups in total. The summed E-state index contributed by atoms with van der Waals surface area (Å²) in [6, 6.07) is 14.8. The fourth-order valence-electron chi connectivity index (χ4n) is 2.89. The van der Waals surface area contributed by atoms with Gasteiger partial charge in [-0.3, -0.25) is 0 Å². The van der Waals surface area contributed by atoms with Crippen LogP contribution in [0.1, 0.15) is 35.3 Å². The first-order chi connectivity index (χ1) is 10.2. The molecule has 0 amide bonds. The lowest BCUT2D eigenvalue weighted by molar-refractivity contribution is 0.154. The van der Waals surface area contributed by atoms with Crippen molar-refractivity contribution >= 4 is 0 Å². The maximum Gasteiger partial charge on any atom is 0.126 e. The van der Waals surface area contributed by atoms with Crippen LogP contribution in [0.3, 0.4) is 0 Å². The molecular formula is C18H21NO2. The molecule has 0 aromatic heterocycles. The van der Waals surface area contributed by atoms with Gasteiger partial charge < -0.3 is 14.8 Å². The number of nitrogens with one attached hydrogen (secondary N) is 1. The predicted molar refractivity (Wildman–Crippen MR) is 84.0 cm³/mol. The minimum Gasteiger partial charge on any atom is -0.497 e. The summed E-state index contributed by atoms with van der Waals surface area (Å²) in [5.74, 6) is 1.85. The van der Waals surface area contributed by atoms with Crippen LogP contribution in [-0.4, -0.2) is 14.2 Å². The Hall–Kier alpha value is -2.00. The Kier molecular flexibility index (Phi) is 3.84. The van der Waals surface area contributed by atoms with Crippen molar-refractivity contribution in [1.29, 1.82) is 0 Å². The molecule has 2 unspecified atom stereocenters. The molecule has 0 fully saturated rings. The van der Waals surface area contributed by atoms with Gasteiger partial charge >= 0.3 is 0 Å². The molecule has 2 aromatic carbocycles. The average Bonchev–Trinajstić information content (AvgIpc) is 2.54. The molecule has 2 aromatic rings. The standard InChI is InChI=1S/C18H21NO2/c1-12-4-9-17-15(10-12)16(19-2)11-18(21-17)13-5-7-14(20-3)8-6-13/h4-10,16,18-19H,11H2,1-3H3. The third-order valence-electron chi connectivity index (χ3n) is 4.10. The van der Waals surface area contributed by atoms with Crippen LogP contribution in [0.15, 0.2) is 42.5 Å². The van der Waals surface area contributed by atoms with Gasteiger partial charge in [0.1, 0.15) is 17.6 Å². The van der Waals surface area contributed by atoms with Crippen molar-refractivity contribution < 1.29 is 9.47 Å². The van der Waals surface area contributed by atoms with Crippen LogP contribution in [0.2, 0.25) is 0 Å². The number of ether oxygens (including phenoxy) is 2. The number of rotatable bonds is 3. The molecule has 0 spiro atoms. The molecule has 3 heteroatoms. The molecule has 1 aliphatic rings. The van der Waals surface area contributed by atoms with E-state index in [4.69, 9.17) is 9.47 Å². The first kappa shape index (κ1) is 14.0. The molecule has 3 rings (SSSR count). The van der Waals surface area contributed by atoms with Gasteiger partial charge in [0.25, 0.3) is 0 Å². The number of aryl methyl sites for hydroxylation is 1. The predicted octanol–water partition coefficient (Wildman–Crippen LogP) is 3.79. The van der Waals surface area contributed by atoms with E-state index in [-0.39, 0.29) is 6.10 Å². The van der Waals surface area contributed by atoms with Gasteiger partial charge in [0.15, 0.2) is 0 Å². The molecule has 0 aliphatic carbocycles. The van der Waals surface area contributed by atoms with Crippen molar-refractivity contribution in [2.45, 2.75) is 25.5 Å². The van der Waals surface area contributed by atoms with E-state index in [0.717, 1.165) is 17.9 Å². The van der Waals surface area contributed by atoms with Crippen LogP contribution in [0.25, 0.3) is 0 Å². The zero-order valence-electron chi connectivity index (χ0n) is 12.7. The van der Waals surface area contributed by atoms with Crippen molar-refractivity contribution in [1.82, 2.24) is 5.32 Å². The molecule has 1 heterocycles. The first-order valence-electron chi connectivity index (χ1n) is 7.29. The quantitative estimate of drug-likeness (QED) is 0.929. The first-order valence-corrected chi connectivity index (χ1v) is 7.29. The minimum atomic E-state index is 0.0727. The van der Waals surface area contributed by atoms with E-state index in [1.165, 1.54) is 16.7 Å². The van der Waals surface area contributed by atoms with Crippen molar-refractivity contribution in [2.75, 3.05) is 14.2 Å². The van der Waals surface area contributed by atoms with E-state index >= 15 is 0 Å². The summed E-state index contributed by atoms with van der Waals surface area (Å²) < 4.78 is 11.4. The molecule has 0 saturated heterocycles. The number of benzene rings is 2. The summed E-state index contributed by atoms with van der Waals surface area (Å²) in [6.07, 6.45) is 1.00. The molecule has 21 heavy (non-hydrogen) atoms. The van der Waals surface area contributed by atoms with E-state index in [2.05, 4.69) is 42.6 Å². The van der Waals surface area contributed by atoms with Crippen molar-refractivity contribution in [3.8, 4) is 11.5 Å². The maximum atomic E-state index is 6.20. The molecule has 110 valence electrons.